The second kappa shape index (κ2) is 7.35. The summed E-state index contributed by atoms with van der Waals surface area (Å²) in [7, 11) is 4.54. The number of amides is 1. The zero-order valence-corrected chi connectivity index (χ0v) is 15.8. The Morgan fingerprint density at radius 1 is 1.00 bits per heavy atom. The van der Waals surface area contributed by atoms with Crippen LogP contribution < -0.4 is 19.5 Å². The predicted molar refractivity (Wildman–Crippen MR) is 102 cm³/mol. The lowest BCUT2D eigenvalue weighted by Gasteiger charge is -2.14. The number of fused-ring (bicyclic) bond motifs is 1. The SMILES string of the molecule is COc1cc2[nH]cc(C(=O)Nc3ccc(Cl)c(Cl)c3)c2c(OC)c1OC. The third kappa shape index (κ3) is 3.13. The zero-order valence-electron chi connectivity index (χ0n) is 14.3. The molecular formula is C18H16Cl2N2O4. The average Bonchev–Trinajstić information content (AvgIpc) is 3.06. The fourth-order valence-corrected chi connectivity index (χ4v) is 3.01. The van der Waals surface area contributed by atoms with Gasteiger partial charge in [-0.3, -0.25) is 4.79 Å². The number of halogens is 2. The van der Waals surface area contributed by atoms with Gasteiger partial charge in [0.2, 0.25) is 5.75 Å². The maximum atomic E-state index is 12.8. The second-order valence-corrected chi connectivity index (χ2v) is 6.17. The third-order valence-corrected chi connectivity index (χ3v) is 4.63. The number of nitrogens with one attached hydrogen (secondary N) is 2. The van der Waals surface area contributed by atoms with Gasteiger partial charge in [-0.2, -0.15) is 0 Å². The van der Waals surface area contributed by atoms with Crippen molar-refractivity contribution in [3.8, 4) is 17.2 Å². The fourth-order valence-electron chi connectivity index (χ4n) is 2.71. The highest BCUT2D eigenvalue weighted by atomic mass is 35.5. The molecule has 0 unspecified atom stereocenters. The largest absolute Gasteiger partial charge is 0.493 e. The molecule has 3 rings (SSSR count). The normalized spacial score (nSPS) is 10.7. The summed E-state index contributed by atoms with van der Waals surface area (Å²) < 4.78 is 16.2. The first-order valence-corrected chi connectivity index (χ1v) is 8.32. The molecule has 0 bridgehead atoms. The van der Waals surface area contributed by atoms with Crippen LogP contribution in [0.4, 0.5) is 5.69 Å². The summed E-state index contributed by atoms with van der Waals surface area (Å²) in [6.45, 7) is 0. The van der Waals surface area contributed by atoms with Gasteiger partial charge in [0.25, 0.3) is 5.91 Å². The number of carbonyl (C=O) groups excluding carboxylic acids is 1. The van der Waals surface area contributed by atoms with Gasteiger partial charge in [-0.05, 0) is 18.2 Å². The van der Waals surface area contributed by atoms with Crippen LogP contribution in [0.1, 0.15) is 10.4 Å². The Kier molecular flexibility index (Phi) is 5.15. The number of ether oxygens (including phenoxy) is 3. The Morgan fingerprint density at radius 3 is 2.35 bits per heavy atom. The van der Waals surface area contributed by atoms with Crippen LogP contribution in [0.2, 0.25) is 10.0 Å². The van der Waals surface area contributed by atoms with Crippen molar-refractivity contribution in [2.75, 3.05) is 26.6 Å². The number of hydrogen-bond donors (Lipinski definition) is 2. The van der Waals surface area contributed by atoms with E-state index in [1.165, 1.54) is 21.3 Å². The minimum absolute atomic E-state index is 0.333. The molecule has 0 aliphatic rings. The van der Waals surface area contributed by atoms with Crippen LogP contribution >= 0.6 is 23.2 Å². The molecule has 0 spiro atoms. The van der Waals surface area contributed by atoms with Crippen LogP contribution in [0.5, 0.6) is 17.2 Å². The Labute approximate surface area is 159 Å². The van der Waals surface area contributed by atoms with Gasteiger partial charge < -0.3 is 24.5 Å². The van der Waals surface area contributed by atoms with Crippen LogP contribution in [0.15, 0.2) is 30.5 Å². The van der Waals surface area contributed by atoms with Crippen molar-refractivity contribution in [3.63, 3.8) is 0 Å². The molecule has 3 aromatic rings. The van der Waals surface area contributed by atoms with E-state index in [1.807, 2.05) is 0 Å². The molecule has 1 aromatic heterocycles. The predicted octanol–water partition coefficient (Wildman–Crippen LogP) is 4.75. The molecule has 136 valence electrons. The molecule has 26 heavy (non-hydrogen) atoms. The van der Waals surface area contributed by atoms with Gasteiger partial charge in [0.05, 0.1) is 47.8 Å². The van der Waals surface area contributed by atoms with Gasteiger partial charge in [0.15, 0.2) is 11.5 Å². The van der Waals surface area contributed by atoms with E-state index < -0.39 is 0 Å². The first-order valence-electron chi connectivity index (χ1n) is 7.56. The number of aromatic amines is 1. The number of methoxy groups -OCH3 is 3. The summed E-state index contributed by atoms with van der Waals surface area (Å²) in [4.78, 5) is 15.8. The monoisotopic (exact) mass is 394 g/mol. The Morgan fingerprint density at radius 2 is 1.73 bits per heavy atom. The lowest BCUT2D eigenvalue weighted by molar-refractivity contribution is 0.102. The molecule has 2 aromatic carbocycles. The van der Waals surface area contributed by atoms with Crippen LogP contribution in [-0.4, -0.2) is 32.2 Å². The van der Waals surface area contributed by atoms with E-state index in [1.54, 1.807) is 30.5 Å². The third-order valence-electron chi connectivity index (χ3n) is 3.89. The molecule has 0 saturated heterocycles. The molecule has 0 aliphatic carbocycles. The summed E-state index contributed by atoms with van der Waals surface area (Å²) in [6, 6.07) is 6.61. The van der Waals surface area contributed by atoms with E-state index in [-0.39, 0.29) is 5.91 Å². The van der Waals surface area contributed by atoms with Crippen molar-refractivity contribution < 1.29 is 19.0 Å². The quantitative estimate of drug-likeness (QED) is 0.654. The van der Waals surface area contributed by atoms with Crippen LogP contribution in [-0.2, 0) is 0 Å². The lowest BCUT2D eigenvalue weighted by atomic mass is 10.1. The first kappa shape index (κ1) is 18.2. The van der Waals surface area contributed by atoms with E-state index >= 15 is 0 Å². The molecule has 0 aliphatic heterocycles. The number of H-pyrrole nitrogens is 1. The van der Waals surface area contributed by atoms with E-state index in [2.05, 4.69) is 10.3 Å². The van der Waals surface area contributed by atoms with E-state index in [0.29, 0.717) is 49.4 Å². The summed E-state index contributed by atoms with van der Waals surface area (Å²) in [5.41, 5.74) is 1.60. The van der Waals surface area contributed by atoms with Crippen molar-refractivity contribution in [1.29, 1.82) is 0 Å². The van der Waals surface area contributed by atoms with Gasteiger partial charge in [-0.15, -0.1) is 0 Å². The standard InChI is InChI=1S/C18H16Cl2N2O4/c1-24-14-7-13-15(17(26-3)16(14)25-2)10(8-21-13)18(23)22-9-4-5-11(19)12(20)6-9/h4-8,21H,1-3H3,(H,22,23). The van der Waals surface area contributed by atoms with Gasteiger partial charge in [0, 0.05) is 18.0 Å². The molecule has 0 atom stereocenters. The summed E-state index contributed by atoms with van der Waals surface area (Å²) in [5.74, 6) is 0.975. The minimum atomic E-state index is -0.333. The highest BCUT2D eigenvalue weighted by molar-refractivity contribution is 6.42. The van der Waals surface area contributed by atoms with Crippen molar-refractivity contribution in [1.82, 2.24) is 4.98 Å². The Hall–Kier alpha value is -2.57. The zero-order chi connectivity index (χ0) is 18.8. The number of aromatic nitrogens is 1. The second-order valence-electron chi connectivity index (χ2n) is 5.35. The van der Waals surface area contributed by atoms with E-state index in [0.717, 1.165) is 0 Å². The molecular weight excluding hydrogens is 379 g/mol. The summed E-state index contributed by atoms with van der Waals surface area (Å²) >= 11 is 11.9. The van der Waals surface area contributed by atoms with Crippen molar-refractivity contribution >= 4 is 45.7 Å². The molecule has 6 nitrogen and oxygen atoms in total. The number of benzene rings is 2. The smallest absolute Gasteiger partial charge is 0.257 e. The van der Waals surface area contributed by atoms with Gasteiger partial charge >= 0.3 is 0 Å². The average molecular weight is 395 g/mol. The maximum absolute atomic E-state index is 12.8. The number of anilines is 1. The maximum Gasteiger partial charge on any atom is 0.257 e. The fraction of sp³-hybridized carbons (Fsp3) is 0.167. The molecule has 1 amide bonds. The molecule has 8 heteroatoms. The molecule has 2 N–H and O–H groups in total. The number of hydrogen-bond acceptors (Lipinski definition) is 4. The number of carbonyl (C=O) groups is 1. The minimum Gasteiger partial charge on any atom is -0.493 e. The first-order chi connectivity index (χ1) is 12.5. The van der Waals surface area contributed by atoms with Crippen molar-refractivity contribution in [3.05, 3.63) is 46.1 Å². The molecule has 0 saturated carbocycles. The summed E-state index contributed by atoms with van der Waals surface area (Å²) in [5, 5.41) is 4.14. The summed E-state index contributed by atoms with van der Waals surface area (Å²) in [6.07, 6.45) is 1.60. The molecule has 0 fully saturated rings. The topological polar surface area (TPSA) is 72.6 Å². The molecule has 0 radical (unpaired) electrons. The Balaban J connectivity index is 2.07. The number of rotatable bonds is 5. The molecule has 1 heterocycles. The van der Waals surface area contributed by atoms with Crippen molar-refractivity contribution in [2.45, 2.75) is 0 Å². The van der Waals surface area contributed by atoms with E-state index in [9.17, 15) is 4.79 Å². The van der Waals surface area contributed by atoms with Crippen LogP contribution in [0.3, 0.4) is 0 Å². The van der Waals surface area contributed by atoms with Gasteiger partial charge in [-0.1, -0.05) is 23.2 Å². The highest BCUT2D eigenvalue weighted by Gasteiger charge is 2.22. The highest BCUT2D eigenvalue weighted by Crippen LogP contribution is 2.44. The lowest BCUT2D eigenvalue weighted by Crippen LogP contribution is -2.11. The van der Waals surface area contributed by atoms with Crippen LogP contribution in [0, 0.1) is 0 Å². The van der Waals surface area contributed by atoms with Crippen molar-refractivity contribution in [2.24, 2.45) is 0 Å². The van der Waals surface area contributed by atoms with Gasteiger partial charge in [0.1, 0.15) is 0 Å². The van der Waals surface area contributed by atoms with Crippen LogP contribution in [0.25, 0.3) is 10.9 Å². The Bertz CT molecular complexity index is 985. The van der Waals surface area contributed by atoms with E-state index in [4.69, 9.17) is 37.4 Å². The van der Waals surface area contributed by atoms with Gasteiger partial charge in [-0.25, -0.2) is 0 Å².